The molecule has 1 aliphatic rings. The molecule has 0 saturated carbocycles. The van der Waals surface area contributed by atoms with Gasteiger partial charge in [-0.2, -0.15) is 0 Å². The molecular weight excluding hydrogens is 204 g/mol. The minimum atomic E-state index is -1.14. The minimum Gasteiger partial charge on any atom is -0.480 e. The molecule has 7 heteroatoms. The Morgan fingerprint density at radius 3 is 2.47 bits per heavy atom. The van der Waals surface area contributed by atoms with E-state index in [1.165, 1.54) is 4.90 Å². The lowest BCUT2D eigenvalue weighted by Crippen LogP contribution is -2.58. The summed E-state index contributed by atoms with van der Waals surface area (Å²) in [6.45, 7) is -0.403. The SMILES string of the molecule is NC(=O)C1CCN1C(=O)COCC(=O)O. The van der Waals surface area contributed by atoms with E-state index in [-0.39, 0.29) is 6.61 Å². The number of carboxylic acids is 1. The number of ether oxygens (including phenoxy) is 1. The lowest BCUT2D eigenvalue weighted by atomic mass is 10.0. The second-order valence-electron chi connectivity index (χ2n) is 3.18. The summed E-state index contributed by atoms with van der Waals surface area (Å²) < 4.78 is 4.60. The van der Waals surface area contributed by atoms with E-state index in [0.717, 1.165) is 0 Å². The van der Waals surface area contributed by atoms with E-state index in [1.807, 2.05) is 0 Å². The van der Waals surface area contributed by atoms with Crippen molar-refractivity contribution in [2.45, 2.75) is 12.5 Å². The van der Waals surface area contributed by atoms with Gasteiger partial charge in [-0.3, -0.25) is 9.59 Å². The van der Waals surface area contributed by atoms with Gasteiger partial charge in [0.05, 0.1) is 0 Å². The Morgan fingerprint density at radius 2 is 2.07 bits per heavy atom. The summed E-state index contributed by atoms with van der Waals surface area (Å²) >= 11 is 0. The average Bonchev–Trinajstić information content (AvgIpc) is 1.99. The number of carboxylic acid groups (broad SMARTS) is 1. The number of aliphatic carboxylic acids is 1. The quantitative estimate of drug-likeness (QED) is 0.562. The van der Waals surface area contributed by atoms with Crippen LogP contribution in [0.1, 0.15) is 6.42 Å². The molecule has 0 bridgehead atoms. The van der Waals surface area contributed by atoms with Gasteiger partial charge in [0.2, 0.25) is 11.8 Å². The van der Waals surface area contributed by atoms with E-state index < -0.39 is 30.4 Å². The number of carbonyl (C=O) groups excluding carboxylic acids is 2. The molecular formula is C8H12N2O5. The van der Waals surface area contributed by atoms with Gasteiger partial charge >= 0.3 is 5.97 Å². The largest absolute Gasteiger partial charge is 0.480 e. The van der Waals surface area contributed by atoms with Crippen molar-refractivity contribution in [2.75, 3.05) is 19.8 Å². The van der Waals surface area contributed by atoms with E-state index in [9.17, 15) is 14.4 Å². The van der Waals surface area contributed by atoms with Crippen molar-refractivity contribution in [1.82, 2.24) is 4.90 Å². The molecule has 1 rings (SSSR count). The molecule has 15 heavy (non-hydrogen) atoms. The molecule has 1 unspecified atom stereocenters. The number of hydrogen-bond donors (Lipinski definition) is 2. The number of hydrogen-bond acceptors (Lipinski definition) is 4. The number of likely N-dealkylation sites (tertiary alicyclic amines) is 1. The van der Waals surface area contributed by atoms with E-state index >= 15 is 0 Å². The third-order valence-electron chi connectivity index (χ3n) is 2.12. The molecule has 0 aromatic heterocycles. The first-order valence-corrected chi connectivity index (χ1v) is 4.40. The lowest BCUT2D eigenvalue weighted by Gasteiger charge is -2.38. The lowest BCUT2D eigenvalue weighted by molar-refractivity contribution is -0.152. The van der Waals surface area contributed by atoms with Crippen molar-refractivity contribution in [3.8, 4) is 0 Å². The second kappa shape index (κ2) is 4.74. The summed E-state index contributed by atoms with van der Waals surface area (Å²) in [6, 6.07) is -0.564. The van der Waals surface area contributed by atoms with Crippen LogP contribution in [0.15, 0.2) is 0 Å². The molecule has 0 radical (unpaired) electrons. The predicted octanol–water partition coefficient (Wildman–Crippen LogP) is -1.83. The number of amides is 2. The first kappa shape index (κ1) is 11.4. The van der Waals surface area contributed by atoms with Gasteiger partial charge in [-0.15, -0.1) is 0 Å². The molecule has 0 aromatic rings. The number of nitrogens with zero attached hydrogens (tertiary/aromatic N) is 1. The molecule has 0 aromatic carbocycles. The smallest absolute Gasteiger partial charge is 0.329 e. The van der Waals surface area contributed by atoms with E-state index in [4.69, 9.17) is 10.8 Å². The first-order chi connectivity index (χ1) is 7.02. The normalized spacial score (nSPS) is 19.5. The summed E-state index contributed by atoms with van der Waals surface area (Å²) in [5.74, 6) is -2.10. The highest BCUT2D eigenvalue weighted by atomic mass is 16.5. The number of rotatable bonds is 5. The predicted molar refractivity (Wildman–Crippen MR) is 47.8 cm³/mol. The third-order valence-corrected chi connectivity index (χ3v) is 2.12. The monoisotopic (exact) mass is 216 g/mol. The van der Waals surface area contributed by atoms with Crippen LogP contribution in [0.2, 0.25) is 0 Å². The van der Waals surface area contributed by atoms with Gasteiger partial charge in [0.25, 0.3) is 0 Å². The van der Waals surface area contributed by atoms with E-state index in [1.54, 1.807) is 0 Å². The van der Waals surface area contributed by atoms with Crippen LogP contribution in [-0.4, -0.2) is 53.6 Å². The van der Waals surface area contributed by atoms with Crippen LogP contribution < -0.4 is 5.73 Å². The fourth-order valence-corrected chi connectivity index (χ4v) is 1.29. The molecule has 2 amide bonds. The van der Waals surface area contributed by atoms with Gasteiger partial charge in [-0.25, -0.2) is 4.79 Å². The van der Waals surface area contributed by atoms with Gasteiger partial charge in [0.15, 0.2) is 0 Å². The van der Waals surface area contributed by atoms with Crippen LogP contribution in [0.25, 0.3) is 0 Å². The zero-order valence-electron chi connectivity index (χ0n) is 8.01. The van der Waals surface area contributed by atoms with Gasteiger partial charge in [-0.05, 0) is 6.42 Å². The summed E-state index contributed by atoms with van der Waals surface area (Å²) in [5.41, 5.74) is 5.04. The highest BCUT2D eigenvalue weighted by Gasteiger charge is 2.35. The Kier molecular flexibility index (Phi) is 3.62. The zero-order valence-corrected chi connectivity index (χ0v) is 8.01. The van der Waals surface area contributed by atoms with Crippen molar-refractivity contribution >= 4 is 17.8 Å². The molecule has 1 saturated heterocycles. The molecule has 1 aliphatic heterocycles. The average molecular weight is 216 g/mol. The Hall–Kier alpha value is -1.63. The Labute approximate surface area is 85.8 Å². The molecule has 0 spiro atoms. The third kappa shape index (κ3) is 2.91. The highest BCUT2D eigenvalue weighted by molar-refractivity contribution is 5.88. The van der Waals surface area contributed by atoms with Gasteiger partial charge in [-0.1, -0.05) is 0 Å². The van der Waals surface area contributed by atoms with Gasteiger partial charge in [0, 0.05) is 6.54 Å². The molecule has 1 fully saturated rings. The van der Waals surface area contributed by atoms with Gasteiger partial charge < -0.3 is 20.5 Å². The fourth-order valence-electron chi connectivity index (χ4n) is 1.29. The highest BCUT2D eigenvalue weighted by Crippen LogP contribution is 2.16. The molecule has 1 heterocycles. The maximum atomic E-state index is 11.3. The number of primary amides is 1. The first-order valence-electron chi connectivity index (χ1n) is 4.40. The standard InChI is InChI=1S/C8H12N2O5/c9-8(14)5-1-2-10(5)6(11)3-15-4-7(12)13/h5H,1-4H2,(H2,9,14)(H,12,13). The summed E-state index contributed by atoms with van der Waals surface area (Å²) in [4.78, 5) is 33.5. The Morgan fingerprint density at radius 1 is 1.40 bits per heavy atom. The van der Waals surface area contributed by atoms with Crippen molar-refractivity contribution in [2.24, 2.45) is 5.73 Å². The molecule has 1 atom stereocenters. The van der Waals surface area contributed by atoms with E-state index in [0.29, 0.717) is 13.0 Å². The molecule has 7 nitrogen and oxygen atoms in total. The summed E-state index contributed by atoms with van der Waals surface area (Å²) in [7, 11) is 0. The molecule has 0 aliphatic carbocycles. The van der Waals surface area contributed by atoms with Crippen molar-refractivity contribution in [3.63, 3.8) is 0 Å². The Bertz CT molecular complexity index is 291. The zero-order chi connectivity index (χ0) is 11.4. The Balaban J connectivity index is 2.29. The van der Waals surface area contributed by atoms with Crippen LogP contribution in [0.5, 0.6) is 0 Å². The number of nitrogens with two attached hydrogens (primary N) is 1. The molecule has 3 N–H and O–H groups in total. The van der Waals surface area contributed by atoms with Crippen LogP contribution >= 0.6 is 0 Å². The molecule has 84 valence electrons. The second-order valence-corrected chi connectivity index (χ2v) is 3.18. The number of carbonyl (C=O) groups is 3. The fraction of sp³-hybridized carbons (Fsp3) is 0.625. The van der Waals surface area contributed by atoms with Crippen molar-refractivity contribution in [1.29, 1.82) is 0 Å². The maximum absolute atomic E-state index is 11.3. The van der Waals surface area contributed by atoms with Crippen LogP contribution in [0.4, 0.5) is 0 Å². The van der Waals surface area contributed by atoms with Crippen molar-refractivity contribution < 1.29 is 24.2 Å². The van der Waals surface area contributed by atoms with Crippen LogP contribution in [0, 0.1) is 0 Å². The maximum Gasteiger partial charge on any atom is 0.329 e. The van der Waals surface area contributed by atoms with Crippen LogP contribution in [-0.2, 0) is 19.1 Å². The van der Waals surface area contributed by atoms with E-state index in [2.05, 4.69) is 4.74 Å². The summed E-state index contributed by atoms with van der Waals surface area (Å²) in [5, 5.41) is 8.25. The van der Waals surface area contributed by atoms with Crippen LogP contribution in [0.3, 0.4) is 0 Å². The van der Waals surface area contributed by atoms with Gasteiger partial charge in [0.1, 0.15) is 19.3 Å². The van der Waals surface area contributed by atoms with Crippen molar-refractivity contribution in [3.05, 3.63) is 0 Å². The minimum absolute atomic E-state index is 0.337. The summed E-state index contributed by atoms with van der Waals surface area (Å²) in [6.07, 6.45) is 0.556. The topological polar surface area (TPSA) is 110 Å².